The van der Waals surface area contributed by atoms with Gasteiger partial charge in [0.1, 0.15) is 0 Å². The Kier molecular flexibility index (Phi) is 14.4. The highest BCUT2D eigenvalue weighted by Crippen LogP contribution is 2.18. The number of nitrogens with one attached hydrogen (secondary N) is 5. The summed E-state index contributed by atoms with van der Waals surface area (Å²) in [6.45, 7) is 14.7. The van der Waals surface area contributed by atoms with Crippen molar-refractivity contribution in [3.8, 4) is 0 Å². The SMILES string of the molecule is CCC(C)(C)C(=O)NCCNCCNCCNCCNCCN. The molecule has 0 bridgehead atoms. The van der Waals surface area contributed by atoms with Crippen molar-refractivity contribution in [2.45, 2.75) is 27.2 Å². The summed E-state index contributed by atoms with van der Waals surface area (Å²) in [5.74, 6) is 0.131. The molecular formula is C16H38N6O. The maximum absolute atomic E-state index is 11.8. The van der Waals surface area contributed by atoms with Crippen molar-refractivity contribution in [2.75, 3.05) is 65.4 Å². The Bertz CT molecular complexity index is 286. The van der Waals surface area contributed by atoms with Crippen molar-refractivity contribution in [2.24, 2.45) is 11.1 Å². The first-order chi connectivity index (χ1) is 11.0. The molecule has 1 amide bonds. The first-order valence-electron chi connectivity index (χ1n) is 8.86. The third-order valence-corrected chi connectivity index (χ3v) is 3.84. The summed E-state index contributed by atoms with van der Waals surface area (Å²) < 4.78 is 0. The first-order valence-corrected chi connectivity index (χ1v) is 8.86. The van der Waals surface area contributed by atoms with E-state index in [2.05, 4.69) is 26.6 Å². The van der Waals surface area contributed by atoms with E-state index < -0.39 is 0 Å². The van der Waals surface area contributed by atoms with Crippen molar-refractivity contribution < 1.29 is 4.79 Å². The maximum Gasteiger partial charge on any atom is 0.225 e. The average Bonchev–Trinajstić information content (AvgIpc) is 2.54. The summed E-state index contributed by atoms with van der Waals surface area (Å²) in [5, 5.41) is 16.2. The van der Waals surface area contributed by atoms with Gasteiger partial charge in [-0.3, -0.25) is 4.79 Å². The maximum atomic E-state index is 11.8. The molecule has 0 aromatic carbocycles. The van der Waals surface area contributed by atoms with Gasteiger partial charge in [0.05, 0.1) is 0 Å². The fourth-order valence-electron chi connectivity index (χ4n) is 1.80. The summed E-state index contributed by atoms with van der Waals surface area (Å²) in [6, 6.07) is 0. The predicted octanol–water partition coefficient (Wildman–Crippen LogP) is -1.14. The van der Waals surface area contributed by atoms with E-state index in [0.29, 0.717) is 13.1 Å². The molecule has 138 valence electrons. The largest absolute Gasteiger partial charge is 0.354 e. The molecule has 7 nitrogen and oxygen atoms in total. The smallest absolute Gasteiger partial charge is 0.225 e. The number of nitrogens with two attached hydrogens (primary N) is 1. The van der Waals surface area contributed by atoms with Crippen LogP contribution in [0.15, 0.2) is 0 Å². The normalized spacial score (nSPS) is 11.7. The number of carbonyl (C=O) groups excluding carboxylic acids is 1. The molecule has 23 heavy (non-hydrogen) atoms. The fourth-order valence-corrected chi connectivity index (χ4v) is 1.80. The summed E-state index contributed by atoms with van der Waals surface area (Å²) in [5.41, 5.74) is 5.12. The minimum Gasteiger partial charge on any atom is -0.354 e. The van der Waals surface area contributed by atoms with Crippen LogP contribution < -0.4 is 32.3 Å². The van der Waals surface area contributed by atoms with Gasteiger partial charge >= 0.3 is 0 Å². The predicted molar refractivity (Wildman–Crippen MR) is 97.6 cm³/mol. The van der Waals surface area contributed by atoms with Crippen LogP contribution in [0, 0.1) is 5.41 Å². The molecule has 0 rings (SSSR count). The molecule has 0 aliphatic carbocycles. The second kappa shape index (κ2) is 14.8. The molecule has 0 heterocycles. The van der Waals surface area contributed by atoms with Crippen LogP contribution in [0.1, 0.15) is 27.2 Å². The zero-order valence-electron chi connectivity index (χ0n) is 15.3. The van der Waals surface area contributed by atoms with Crippen LogP contribution >= 0.6 is 0 Å². The molecule has 0 unspecified atom stereocenters. The van der Waals surface area contributed by atoms with Crippen molar-refractivity contribution >= 4 is 5.91 Å². The average molecular weight is 331 g/mol. The van der Waals surface area contributed by atoms with Crippen LogP contribution in [0.4, 0.5) is 0 Å². The Balaban J connectivity index is 3.21. The summed E-state index contributed by atoms with van der Waals surface area (Å²) in [7, 11) is 0. The second-order valence-electron chi connectivity index (χ2n) is 6.28. The van der Waals surface area contributed by atoms with Crippen molar-refractivity contribution in [3.05, 3.63) is 0 Å². The molecule has 0 aliphatic rings. The van der Waals surface area contributed by atoms with E-state index >= 15 is 0 Å². The quantitative estimate of drug-likeness (QED) is 0.200. The lowest BCUT2D eigenvalue weighted by atomic mass is 9.89. The third-order valence-electron chi connectivity index (χ3n) is 3.84. The molecule has 0 aromatic heterocycles. The summed E-state index contributed by atoms with van der Waals surface area (Å²) >= 11 is 0. The van der Waals surface area contributed by atoms with Crippen LogP contribution in [0.25, 0.3) is 0 Å². The van der Waals surface area contributed by atoms with E-state index in [1.54, 1.807) is 0 Å². The molecule has 0 fully saturated rings. The molecule has 0 spiro atoms. The van der Waals surface area contributed by atoms with E-state index in [1.807, 2.05) is 20.8 Å². The van der Waals surface area contributed by atoms with Crippen LogP contribution in [0.5, 0.6) is 0 Å². The van der Waals surface area contributed by atoms with Gasteiger partial charge in [0, 0.05) is 70.9 Å². The van der Waals surface area contributed by atoms with Crippen LogP contribution in [-0.2, 0) is 4.79 Å². The Hall–Kier alpha value is -0.730. The van der Waals surface area contributed by atoms with Gasteiger partial charge in [-0.05, 0) is 6.42 Å². The fraction of sp³-hybridized carbons (Fsp3) is 0.938. The van der Waals surface area contributed by atoms with E-state index in [-0.39, 0.29) is 11.3 Å². The van der Waals surface area contributed by atoms with Gasteiger partial charge in [-0.25, -0.2) is 0 Å². The number of hydrogen-bond donors (Lipinski definition) is 6. The zero-order valence-corrected chi connectivity index (χ0v) is 15.3. The molecular weight excluding hydrogens is 292 g/mol. The van der Waals surface area contributed by atoms with E-state index in [4.69, 9.17) is 5.73 Å². The van der Waals surface area contributed by atoms with Crippen molar-refractivity contribution in [1.29, 1.82) is 0 Å². The van der Waals surface area contributed by atoms with Gasteiger partial charge in [0.25, 0.3) is 0 Å². The van der Waals surface area contributed by atoms with Gasteiger partial charge < -0.3 is 32.3 Å². The number of hydrogen-bond acceptors (Lipinski definition) is 6. The lowest BCUT2D eigenvalue weighted by Gasteiger charge is -2.21. The molecule has 0 saturated heterocycles. The van der Waals surface area contributed by atoms with Gasteiger partial charge in [0.15, 0.2) is 0 Å². The standard InChI is InChI=1S/C16H38N6O/c1-4-16(2,3)15(23)22-14-13-21-12-11-20-10-9-19-8-7-18-6-5-17/h18-21H,4-14,17H2,1-3H3,(H,22,23). The monoisotopic (exact) mass is 330 g/mol. The van der Waals surface area contributed by atoms with Crippen LogP contribution in [-0.4, -0.2) is 71.4 Å². The molecule has 0 aromatic rings. The van der Waals surface area contributed by atoms with Gasteiger partial charge in [-0.2, -0.15) is 0 Å². The van der Waals surface area contributed by atoms with Crippen molar-refractivity contribution in [3.63, 3.8) is 0 Å². The lowest BCUT2D eigenvalue weighted by Crippen LogP contribution is -2.41. The van der Waals surface area contributed by atoms with Gasteiger partial charge in [-0.15, -0.1) is 0 Å². The van der Waals surface area contributed by atoms with Gasteiger partial charge in [0.2, 0.25) is 5.91 Å². The first kappa shape index (κ1) is 22.3. The second-order valence-corrected chi connectivity index (χ2v) is 6.28. The molecule has 0 atom stereocenters. The number of rotatable bonds is 16. The number of amides is 1. The van der Waals surface area contributed by atoms with Gasteiger partial charge in [-0.1, -0.05) is 20.8 Å². The zero-order chi connectivity index (χ0) is 17.4. The Labute approximate surface area is 141 Å². The Morgan fingerprint density at radius 1 is 0.783 bits per heavy atom. The molecule has 0 radical (unpaired) electrons. The highest BCUT2D eigenvalue weighted by atomic mass is 16.2. The molecule has 7 heteroatoms. The highest BCUT2D eigenvalue weighted by molar-refractivity contribution is 5.81. The summed E-state index contributed by atoms with van der Waals surface area (Å²) in [6.07, 6.45) is 0.854. The minimum atomic E-state index is -0.269. The lowest BCUT2D eigenvalue weighted by molar-refractivity contribution is -0.129. The Morgan fingerprint density at radius 2 is 1.17 bits per heavy atom. The summed E-state index contributed by atoms with van der Waals surface area (Å²) in [4.78, 5) is 11.8. The van der Waals surface area contributed by atoms with Crippen LogP contribution in [0.3, 0.4) is 0 Å². The topological polar surface area (TPSA) is 103 Å². The van der Waals surface area contributed by atoms with E-state index in [0.717, 1.165) is 58.8 Å². The molecule has 0 saturated carbocycles. The molecule has 0 aliphatic heterocycles. The molecule has 7 N–H and O–H groups in total. The van der Waals surface area contributed by atoms with Crippen molar-refractivity contribution in [1.82, 2.24) is 26.6 Å². The Morgan fingerprint density at radius 3 is 1.57 bits per heavy atom. The van der Waals surface area contributed by atoms with E-state index in [9.17, 15) is 4.79 Å². The highest BCUT2D eigenvalue weighted by Gasteiger charge is 2.24. The number of carbonyl (C=O) groups is 1. The third kappa shape index (κ3) is 13.4. The van der Waals surface area contributed by atoms with E-state index in [1.165, 1.54) is 0 Å². The van der Waals surface area contributed by atoms with Crippen LogP contribution in [0.2, 0.25) is 0 Å². The minimum absolute atomic E-state index is 0.131.